The van der Waals surface area contributed by atoms with E-state index >= 15 is 0 Å². The summed E-state index contributed by atoms with van der Waals surface area (Å²) in [5, 5.41) is 7.77. The molecule has 0 aliphatic rings. The Hall–Kier alpha value is -2.44. The van der Waals surface area contributed by atoms with Crippen LogP contribution >= 0.6 is 23.2 Å². The van der Waals surface area contributed by atoms with Gasteiger partial charge in [0.15, 0.2) is 6.04 Å². The van der Waals surface area contributed by atoms with Crippen molar-refractivity contribution in [3.05, 3.63) is 68.9 Å². The second kappa shape index (κ2) is 7.85. The van der Waals surface area contributed by atoms with Crippen LogP contribution in [0.1, 0.15) is 31.3 Å². The van der Waals surface area contributed by atoms with Gasteiger partial charge in [-0.25, -0.2) is 0 Å². The van der Waals surface area contributed by atoms with E-state index in [1.807, 2.05) is 13.8 Å². The molecule has 0 radical (unpaired) electrons. The molecule has 1 atom stereocenters. The first-order chi connectivity index (χ1) is 12.5. The van der Waals surface area contributed by atoms with Gasteiger partial charge in [0.2, 0.25) is 5.82 Å². The molecule has 0 aliphatic carbocycles. The zero-order valence-electron chi connectivity index (χ0n) is 14.0. The number of ether oxygens (including phenoxy) is 1. The van der Waals surface area contributed by atoms with Crippen molar-refractivity contribution in [3.8, 4) is 17.1 Å². The monoisotopic (exact) mass is 391 g/mol. The van der Waals surface area contributed by atoms with Gasteiger partial charge in [-0.1, -0.05) is 51.7 Å². The molecule has 6 nitrogen and oxygen atoms in total. The molecule has 0 N–H and O–H groups in total. The van der Waals surface area contributed by atoms with Crippen LogP contribution in [0.5, 0.6) is 5.75 Å². The van der Waals surface area contributed by atoms with Gasteiger partial charge in [-0.3, -0.25) is 0 Å². The highest BCUT2D eigenvalue weighted by molar-refractivity contribution is 6.38. The van der Waals surface area contributed by atoms with E-state index < -0.39 is 6.04 Å². The van der Waals surface area contributed by atoms with E-state index in [1.165, 1.54) is 0 Å². The van der Waals surface area contributed by atoms with Crippen molar-refractivity contribution < 1.29 is 9.26 Å². The van der Waals surface area contributed by atoms with Crippen LogP contribution in [-0.4, -0.2) is 16.2 Å². The maximum absolute atomic E-state index is 11.4. The predicted molar refractivity (Wildman–Crippen MR) is 99.6 cm³/mol. The molecular formula is C18H15Cl2N3O3. The zero-order valence-corrected chi connectivity index (χ0v) is 15.5. The molecular weight excluding hydrogens is 377 g/mol. The summed E-state index contributed by atoms with van der Waals surface area (Å²) in [6.45, 7) is 3.87. The van der Waals surface area contributed by atoms with E-state index in [9.17, 15) is 4.91 Å². The van der Waals surface area contributed by atoms with Crippen molar-refractivity contribution in [1.82, 2.24) is 10.1 Å². The Morgan fingerprint density at radius 1 is 1.08 bits per heavy atom. The second-order valence-electron chi connectivity index (χ2n) is 5.80. The fourth-order valence-electron chi connectivity index (χ4n) is 2.41. The fraction of sp³-hybridized carbons (Fsp3) is 0.222. The molecule has 0 amide bonds. The first kappa shape index (κ1) is 18.4. The molecule has 1 heterocycles. The van der Waals surface area contributed by atoms with E-state index in [1.54, 1.807) is 42.5 Å². The average molecular weight is 392 g/mol. The normalized spacial score (nSPS) is 12.2. The minimum absolute atomic E-state index is 0.0553. The average Bonchev–Trinajstić information content (AvgIpc) is 3.06. The van der Waals surface area contributed by atoms with Crippen molar-refractivity contribution in [1.29, 1.82) is 0 Å². The van der Waals surface area contributed by atoms with Crippen LogP contribution in [0.2, 0.25) is 10.0 Å². The van der Waals surface area contributed by atoms with E-state index in [4.69, 9.17) is 32.5 Å². The quantitative estimate of drug-likeness (QED) is 0.504. The fourth-order valence-corrected chi connectivity index (χ4v) is 2.98. The Kier molecular flexibility index (Phi) is 5.54. The molecule has 1 unspecified atom stereocenters. The van der Waals surface area contributed by atoms with Crippen LogP contribution in [0.25, 0.3) is 11.4 Å². The van der Waals surface area contributed by atoms with Gasteiger partial charge in [-0.05, 0) is 43.7 Å². The third kappa shape index (κ3) is 3.86. The van der Waals surface area contributed by atoms with E-state index in [-0.39, 0.29) is 17.8 Å². The number of hydrogen-bond acceptors (Lipinski definition) is 6. The number of nitrogens with zero attached hydrogens (tertiary/aromatic N) is 3. The van der Waals surface area contributed by atoms with Gasteiger partial charge in [0, 0.05) is 0 Å². The van der Waals surface area contributed by atoms with Crippen molar-refractivity contribution in [2.24, 2.45) is 5.18 Å². The number of halogens is 2. The maximum Gasteiger partial charge on any atom is 0.260 e. The number of hydrogen-bond donors (Lipinski definition) is 0. The number of rotatable bonds is 6. The minimum Gasteiger partial charge on any atom is -0.491 e. The Bertz CT molecular complexity index is 890. The van der Waals surface area contributed by atoms with Gasteiger partial charge >= 0.3 is 0 Å². The standard InChI is InChI=1S/C18H15Cl2N3O3/c1-10(2)25-12-8-6-11(7-9-12)16(22-24)18-21-17(23-26-18)15-13(19)4-3-5-14(15)20/h3-10,16H,1-2H3. The molecule has 0 saturated carbocycles. The number of aromatic nitrogens is 2. The smallest absolute Gasteiger partial charge is 0.260 e. The summed E-state index contributed by atoms with van der Waals surface area (Å²) in [5.74, 6) is 0.954. The van der Waals surface area contributed by atoms with E-state index in [2.05, 4.69) is 15.3 Å². The maximum atomic E-state index is 11.4. The van der Waals surface area contributed by atoms with Crippen LogP contribution < -0.4 is 4.74 Å². The summed E-state index contributed by atoms with van der Waals surface area (Å²) in [7, 11) is 0. The molecule has 26 heavy (non-hydrogen) atoms. The zero-order chi connectivity index (χ0) is 18.7. The first-order valence-corrected chi connectivity index (χ1v) is 8.62. The highest BCUT2D eigenvalue weighted by Crippen LogP contribution is 2.34. The molecule has 3 rings (SSSR count). The van der Waals surface area contributed by atoms with Crippen molar-refractivity contribution in [2.45, 2.75) is 26.0 Å². The topological polar surface area (TPSA) is 77.6 Å². The highest BCUT2D eigenvalue weighted by Gasteiger charge is 2.24. The Balaban J connectivity index is 1.90. The SMILES string of the molecule is CC(C)Oc1ccc(C(N=O)c2nc(-c3c(Cl)cccc3Cl)no2)cc1. The molecule has 0 aliphatic heterocycles. The lowest BCUT2D eigenvalue weighted by Crippen LogP contribution is -2.05. The summed E-state index contributed by atoms with van der Waals surface area (Å²) in [4.78, 5) is 15.6. The molecule has 0 spiro atoms. The van der Waals surface area contributed by atoms with Crippen LogP contribution in [-0.2, 0) is 0 Å². The highest BCUT2D eigenvalue weighted by atomic mass is 35.5. The van der Waals surface area contributed by atoms with Crippen LogP contribution in [0, 0.1) is 4.91 Å². The van der Waals surface area contributed by atoms with Crippen molar-refractivity contribution in [3.63, 3.8) is 0 Å². The third-order valence-electron chi connectivity index (χ3n) is 3.54. The molecule has 3 aromatic rings. The van der Waals surface area contributed by atoms with Gasteiger partial charge in [0.25, 0.3) is 5.89 Å². The lowest BCUT2D eigenvalue weighted by molar-refractivity contribution is 0.242. The van der Waals surface area contributed by atoms with Crippen molar-refractivity contribution in [2.75, 3.05) is 0 Å². The largest absolute Gasteiger partial charge is 0.491 e. The van der Waals surface area contributed by atoms with Gasteiger partial charge in [0.1, 0.15) is 5.75 Å². The number of nitroso groups, excluding NO2 is 1. The first-order valence-electron chi connectivity index (χ1n) is 7.86. The van der Waals surface area contributed by atoms with Gasteiger partial charge in [0.05, 0.1) is 21.7 Å². The lowest BCUT2D eigenvalue weighted by Gasteiger charge is -2.10. The van der Waals surface area contributed by atoms with Gasteiger partial charge in [-0.15, -0.1) is 4.91 Å². The predicted octanol–water partition coefficient (Wildman–Crippen LogP) is 5.69. The summed E-state index contributed by atoms with van der Waals surface area (Å²) >= 11 is 12.3. The number of benzene rings is 2. The minimum atomic E-state index is -0.939. The van der Waals surface area contributed by atoms with Gasteiger partial charge < -0.3 is 9.26 Å². The van der Waals surface area contributed by atoms with E-state index in [0.29, 0.717) is 26.9 Å². The van der Waals surface area contributed by atoms with Crippen molar-refractivity contribution >= 4 is 23.2 Å². The molecule has 134 valence electrons. The molecule has 8 heteroatoms. The molecule has 2 aromatic carbocycles. The van der Waals surface area contributed by atoms with Crippen LogP contribution in [0.3, 0.4) is 0 Å². The molecule has 0 saturated heterocycles. The third-order valence-corrected chi connectivity index (χ3v) is 4.16. The van der Waals surface area contributed by atoms with Gasteiger partial charge in [-0.2, -0.15) is 4.98 Å². The Morgan fingerprint density at radius 3 is 2.31 bits per heavy atom. The van der Waals surface area contributed by atoms with Crippen LogP contribution in [0.4, 0.5) is 0 Å². The summed E-state index contributed by atoms with van der Waals surface area (Å²) in [6, 6.07) is 11.1. The summed E-state index contributed by atoms with van der Waals surface area (Å²) < 4.78 is 10.8. The Morgan fingerprint density at radius 2 is 1.73 bits per heavy atom. The molecule has 0 bridgehead atoms. The second-order valence-corrected chi connectivity index (χ2v) is 6.61. The van der Waals surface area contributed by atoms with E-state index in [0.717, 1.165) is 0 Å². The lowest BCUT2D eigenvalue weighted by atomic mass is 10.1. The summed E-state index contributed by atoms with van der Waals surface area (Å²) in [6.07, 6.45) is 0.0553. The Labute approximate surface area is 160 Å². The van der Waals surface area contributed by atoms with Crippen LogP contribution in [0.15, 0.2) is 52.2 Å². The summed E-state index contributed by atoms with van der Waals surface area (Å²) in [5.41, 5.74) is 1.05. The molecule has 0 fully saturated rings. The molecule has 1 aromatic heterocycles.